The Morgan fingerprint density at radius 3 is 2.63 bits per heavy atom. The number of hydrazone groups is 1. The molecule has 0 heterocycles. The van der Waals surface area contributed by atoms with Crippen LogP contribution in [0, 0.1) is 6.92 Å². The molecule has 2 rings (SSSR count). The van der Waals surface area contributed by atoms with E-state index in [4.69, 9.17) is 4.74 Å². The maximum absolute atomic E-state index is 11.9. The van der Waals surface area contributed by atoms with Crippen LogP contribution in [0.4, 0.5) is 5.69 Å². The van der Waals surface area contributed by atoms with Gasteiger partial charge in [0.15, 0.2) is 6.61 Å². The monoisotopic (exact) mass is 433 g/mol. The highest BCUT2D eigenvalue weighted by molar-refractivity contribution is 9.10. The first-order valence-corrected chi connectivity index (χ1v) is 9.52. The highest BCUT2D eigenvalue weighted by Gasteiger charge is 2.07. The molecule has 144 valence electrons. The van der Waals surface area contributed by atoms with Gasteiger partial charge in [0.05, 0.1) is 10.7 Å². The normalized spacial score (nSPS) is 10.8. The number of phenolic OH excluding ortho intramolecular Hbond substituents is 1. The molecule has 0 spiro atoms. The molecule has 0 aliphatic rings. The maximum atomic E-state index is 11.9. The third-order valence-corrected chi connectivity index (χ3v) is 4.60. The highest BCUT2D eigenvalue weighted by Crippen LogP contribution is 2.25. The van der Waals surface area contributed by atoms with Crippen molar-refractivity contribution in [2.24, 2.45) is 5.10 Å². The lowest BCUT2D eigenvalue weighted by atomic mass is 10.2. The van der Waals surface area contributed by atoms with Gasteiger partial charge in [0, 0.05) is 30.4 Å². The molecule has 0 radical (unpaired) electrons. The third-order valence-electron chi connectivity index (χ3n) is 3.98. The van der Waals surface area contributed by atoms with Gasteiger partial charge in [-0.05, 0) is 66.5 Å². The highest BCUT2D eigenvalue weighted by atomic mass is 79.9. The number of hydrogen-bond acceptors (Lipinski definition) is 5. The molecule has 0 saturated carbocycles. The van der Waals surface area contributed by atoms with Crippen molar-refractivity contribution in [3.63, 3.8) is 0 Å². The Morgan fingerprint density at radius 1 is 1.26 bits per heavy atom. The summed E-state index contributed by atoms with van der Waals surface area (Å²) in [5, 5.41) is 14.0. The lowest BCUT2D eigenvalue weighted by Crippen LogP contribution is -2.24. The van der Waals surface area contributed by atoms with Gasteiger partial charge in [-0.3, -0.25) is 4.79 Å². The van der Waals surface area contributed by atoms with Crippen LogP contribution in [0.3, 0.4) is 0 Å². The molecule has 0 aliphatic carbocycles. The first kappa shape index (κ1) is 20.8. The Kier molecular flexibility index (Phi) is 7.67. The average molecular weight is 434 g/mol. The van der Waals surface area contributed by atoms with Crippen LogP contribution in [0.25, 0.3) is 0 Å². The van der Waals surface area contributed by atoms with Crippen LogP contribution in [-0.2, 0) is 4.79 Å². The minimum absolute atomic E-state index is 0.109. The van der Waals surface area contributed by atoms with Gasteiger partial charge >= 0.3 is 0 Å². The van der Waals surface area contributed by atoms with Gasteiger partial charge in [-0.25, -0.2) is 5.43 Å². The quantitative estimate of drug-likeness (QED) is 0.489. The van der Waals surface area contributed by atoms with E-state index >= 15 is 0 Å². The van der Waals surface area contributed by atoms with Gasteiger partial charge in [0.1, 0.15) is 11.5 Å². The van der Waals surface area contributed by atoms with E-state index in [2.05, 4.69) is 45.2 Å². The molecule has 2 aromatic carbocycles. The van der Waals surface area contributed by atoms with Crippen molar-refractivity contribution in [3.8, 4) is 11.5 Å². The average Bonchev–Trinajstić information content (AvgIpc) is 2.63. The molecule has 0 aliphatic heterocycles. The second-order valence-electron chi connectivity index (χ2n) is 5.93. The number of benzene rings is 2. The molecular weight excluding hydrogens is 410 g/mol. The van der Waals surface area contributed by atoms with Crippen molar-refractivity contribution >= 4 is 33.7 Å². The van der Waals surface area contributed by atoms with E-state index in [-0.39, 0.29) is 12.4 Å². The molecule has 1 amide bonds. The predicted molar refractivity (Wildman–Crippen MR) is 112 cm³/mol. The van der Waals surface area contributed by atoms with E-state index in [1.54, 1.807) is 18.2 Å². The number of anilines is 1. The van der Waals surface area contributed by atoms with E-state index in [0.29, 0.717) is 11.3 Å². The van der Waals surface area contributed by atoms with E-state index in [0.717, 1.165) is 28.8 Å². The Balaban J connectivity index is 1.90. The number of hydrogen-bond donors (Lipinski definition) is 2. The number of carbonyl (C=O) groups excluding carboxylic acids is 1. The molecule has 0 fully saturated rings. The van der Waals surface area contributed by atoms with Crippen molar-refractivity contribution in [1.82, 2.24) is 5.43 Å². The van der Waals surface area contributed by atoms with Crippen molar-refractivity contribution in [2.45, 2.75) is 20.8 Å². The summed E-state index contributed by atoms with van der Waals surface area (Å²) in [5.41, 5.74) is 4.94. The number of aryl methyl sites for hydroxylation is 1. The summed E-state index contributed by atoms with van der Waals surface area (Å²) in [6, 6.07) is 11.0. The Bertz CT molecular complexity index is 820. The molecule has 0 unspecified atom stereocenters. The van der Waals surface area contributed by atoms with Crippen LogP contribution in [0.5, 0.6) is 11.5 Å². The van der Waals surface area contributed by atoms with E-state index in [1.807, 2.05) is 25.1 Å². The fourth-order valence-corrected chi connectivity index (χ4v) is 3.11. The second kappa shape index (κ2) is 9.97. The summed E-state index contributed by atoms with van der Waals surface area (Å²) in [6.45, 7) is 7.64. The lowest BCUT2D eigenvalue weighted by molar-refractivity contribution is -0.123. The van der Waals surface area contributed by atoms with E-state index in [9.17, 15) is 9.90 Å². The molecule has 0 aromatic heterocycles. The Hall–Kier alpha value is -2.54. The lowest BCUT2D eigenvalue weighted by Gasteiger charge is -2.21. The van der Waals surface area contributed by atoms with Crippen molar-refractivity contribution in [3.05, 3.63) is 52.0 Å². The molecule has 0 saturated heterocycles. The standard InChI is InChI=1S/C20H24BrN3O3/c1-4-24(5-2)16-8-7-15(18(25)11-16)12-22-23-20(26)13-27-19-9-6-14(3)10-17(19)21/h6-12,25H,4-5,13H2,1-3H3,(H,23,26). The number of phenols is 1. The number of nitrogens with zero attached hydrogens (tertiary/aromatic N) is 2. The fraction of sp³-hybridized carbons (Fsp3) is 0.300. The molecule has 2 aromatic rings. The zero-order valence-electron chi connectivity index (χ0n) is 15.7. The number of nitrogens with one attached hydrogen (secondary N) is 1. The number of ether oxygens (including phenoxy) is 1. The molecular formula is C20H24BrN3O3. The Morgan fingerprint density at radius 2 is 2.00 bits per heavy atom. The van der Waals surface area contributed by atoms with Gasteiger partial charge in [-0.15, -0.1) is 0 Å². The first-order chi connectivity index (χ1) is 12.9. The zero-order valence-corrected chi connectivity index (χ0v) is 17.3. The van der Waals surface area contributed by atoms with Crippen LogP contribution >= 0.6 is 15.9 Å². The van der Waals surface area contributed by atoms with Gasteiger partial charge in [0.2, 0.25) is 0 Å². The first-order valence-electron chi connectivity index (χ1n) is 8.73. The van der Waals surface area contributed by atoms with Crippen LogP contribution in [0.1, 0.15) is 25.0 Å². The molecule has 7 heteroatoms. The molecule has 27 heavy (non-hydrogen) atoms. The summed E-state index contributed by atoms with van der Waals surface area (Å²) in [5.74, 6) is 0.305. The molecule has 6 nitrogen and oxygen atoms in total. The van der Waals surface area contributed by atoms with Crippen molar-refractivity contribution in [1.29, 1.82) is 0 Å². The molecule has 0 atom stereocenters. The van der Waals surface area contributed by atoms with Gasteiger partial charge < -0.3 is 14.7 Å². The smallest absolute Gasteiger partial charge is 0.277 e. The largest absolute Gasteiger partial charge is 0.507 e. The van der Waals surface area contributed by atoms with E-state index < -0.39 is 5.91 Å². The summed E-state index contributed by atoms with van der Waals surface area (Å²) in [4.78, 5) is 14.0. The van der Waals surface area contributed by atoms with E-state index in [1.165, 1.54) is 6.21 Å². The topological polar surface area (TPSA) is 74.2 Å². The minimum Gasteiger partial charge on any atom is -0.507 e. The summed E-state index contributed by atoms with van der Waals surface area (Å²) in [6.07, 6.45) is 1.40. The SMILES string of the molecule is CCN(CC)c1ccc(C=NNC(=O)COc2ccc(C)cc2Br)c(O)c1. The number of amides is 1. The van der Waals surface area contributed by atoms with Gasteiger partial charge in [-0.1, -0.05) is 6.07 Å². The van der Waals surface area contributed by atoms with Crippen LogP contribution in [0.15, 0.2) is 46.0 Å². The predicted octanol–water partition coefficient (Wildman–Crippen LogP) is 3.84. The molecule has 2 N–H and O–H groups in total. The maximum Gasteiger partial charge on any atom is 0.277 e. The van der Waals surface area contributed by atoms with Gasteiger partial charge in [-0.2, -0.15) is 5.10 Å². The zero-order chi connectivity index (χ0) is 19.8. The van der Waals surface area contributed by atoms with Gasteiger partial charge in [0.25, 0.3) is 5.91 Å². The number of rotatable bonds is 8. The second-order valence-corrected chi connectivity index (χ2v) is 6.79. The number of halogens is 1. The fourth-order valence-electron chi connectivity index (χ4n) is 2.50. The minimum atomic E-state index is -0.391. The summed E-state index contributed by atoms with van der Waals surface area (Å²) in [7, 11) is 0. The number of aromatic hydroxyl groups is 1. The Labute approximate surface area is 168 Å². The summed E-state index contributed by atoms with van der Waals surface area (Å²) >= 11 is 3.40. The van der Waals surface area contributed by atoms with Crippen molar-refractivity contribution in [2.75, 3.05) is 24.6 Å². The summed E-state index contributed by atoms with van der Waals surface area (Å²) < 4.78 is 6.25. The molecule has 0 bridgehead atoms. The van der Waals surface area contributed by atoms with Crippen LogP contribution in [0.2, 0.25) is 0 Å². The van der Waals surface area contributed by atoms with Crippen LogP contribution < -0.4 is 15.1 Å². The third kappa shape index (κ3) is 5.99. The van der Waals surface area contributed by atoms with Crippen molar-refractivity contribution < 1.29 is 14.6 Å². The van der Waals surface area contributed by atoms with Crippen LogP contribution in [-0.4, -0.2) is 36.9 Å². The number of carbonyl (C=O) groups is 1.